The molecule has 0 radical (unpaired) electrons. The van der Waals surface area contributed by atoms with Crippen molar-refractivity contribution in [3.63, 3.8) is 0 Å². The smallest absolute Gasteiger partial charge is 0.266 e. The number of rotatable bonds is 7. The van der Waals surface area contributed by atoms with Gasteiger partial charge in [0, 0.05) is 5.69 Å². The quantitative estimate of drug-likeness (QED) is 0.281. The minimum Gasteiger partial charge on any atom is -0.487 e. The van der Waals surface area contributed by atoms with Crippen LogP contribution in [0.2, 0.25) is 15.1 Å². The summed E-state index contributed by atoms with van der Waals surface area (Å²) in [7, 11) is 0. The van der Waals surface area contributed by atoms with E-state index in [1.54, 1.807) is 30.3 Å². The number of carbonyl (C=O) groups excluding carboxylic acids is 1. The molecule has 0 saturated heterocycles. The van der Waals surface area contributed by atoms with Crippen LogP contribution >= 0.6 is 34.8 Å². The van der Waals surface area contributed by atoms with Crippen LogP contribution in [-0.4, -0.2) is 5.91 Å². The molecule has 0 fully saturated rings. The van der Waals surface area contributed by atoms with Gasteiger partial charge in [-0.15, -0.1) is 0 Å². The van der Waals surface area contributed by atoms with Crippen molar-refractivity contribution in [2.24, 2.45) is 0 Å². The van der Waals surface area contributed by atoms with Crippen LogP contribution in [0.5, 0.6) is 5.75 Å². The zero-order valence-electron chi connectivity index (χ0n) is 17.2. The number of nitrogens with one attached hydrogen (secondary N) is 1. The molecule has 162 valence electrons. The van der Waals surface area contributed by atoms with Gasteiger partial charge in [-0.2, -0.15) is 5.26 Å². The van der Waals surface area contributed by atoms with Crippen molar-refractivity contribution in [2.75, 3.05) is 5.32 Å². The van der Waals surface area contributed by atoms with Crippen molar-refractivity contribution in [2.45, 2.75) is 20.0 Å². The highest BCUT2D eigenvalue weighted by Crippen LogP contribution is 2.28. The van der Waals surface area contributed by atoms with E-state index >= 15 is 0 Å². The molecular formula is C25H19Cl3N2O2. The second-order valence-corrected chi connectivity index (χ2v) is 8.12. The van der Waals surface area contributed by atoms with Gasteiger partial charge in [-0.25, -0.2) is 0 Å². The van der Waals surface area contributed by atoms with E-state index in [0.717, 1.165) is 17.5 Å². The van der Waals surface area contributed by atoms with E-state index in [-0.39, 0.29) is 12.2 Å². The fraction of sp³-hybridized carbons (Fsp3) is 0.120. The van der Waals surface area contributed by atoms with Crippen LogP contribution in [0.4, 0.5) is 5.69 Å². The minimum absolute atomic E-state index is 0.0369. The summed E-state index contributed by atoms with van der Waals surface area (Å²) in [6, 6.07) is 19.7. The van der Waals surface area contributed by atoms with E-state index < -0.39 is 5.91 Å². The average Bonchev–Trinajstić information content (AvgIpc) is 2.79. The van der Waals surface area contributed by atoms with Gasteiger partial charge in [-0.1, -0.05) is 66.0 Å². The van der Waals surface area contributed by atoms with Gasteiger partial charge < -0.3 is 10.1 Å². The maximum atomic E-state index is 12.5. The standard InChI is InChI=1S/C25H19Cl3N2O2/c1-2-16-3-7-20(8-4-16)30-25(31)19(14-29)11-17-6-10-24(23(28)12-17)32-15-18-5-9-21(26)22(27)13-18/h3-13H,2,15H2,1H3,(H,30,31)/b19-11+. The Labute approximate surface area is 202 Å². The Morgan fingerprint density at radius 1 is 0.969 bits per heavy atom. The molecule has 3 aromatic carbocycles. The maximum absolute atomic E-state index is 12.5. The molecule has 0 unspecified atom stereocenters. The summed E-state index contributed by atoms with van der Waals surface area (Å²) in [6.45, 7) is 2.31. The van der Waals surface area contributed by atoms with Gasteiger partial charge >= 0.3 is 0 Å². The first kappa shape index (κ1) is 23.7. The molecule has 0 aliphatic carbocycles. The first-order chi connectivity index (χ1) is 15.4. The molecule has 4 nitrogen and oxygen atoms in total. The molecule has 0 saturated carbocycles. The lowest BCUT2D eigenvalue weighted by atomic mass is 10.1. The molecule has 0 aliphatic heterocycles. The Balaban J connectivity index is 1.69. The van der Waals surface area contributed by atoms with E-state index in [0.29, 0.717) is 32.1 Å². The Morgan fingerprint density at radius 2 is 1.69 bits per heavy atom. The number of carbonyl (C=O) groups is 1. The van der Waals surface area contributed by atoms with Gasteiger partial charge in [0.2, 0.25) is 0 Å². The number of aryl methyl sites for hydroxylation is 1. The van der Waals surface area contributed by atoms with Crippen LogP contribution < -0.4 is 10.1 Å². The number of nitriles is 1. The summed E-state index contributed by atoms with van der Waals surface area (Å²) in [5.41, 5.74) is 3.19. The summed E-state index contributed by atoms with van der Waals surface area (Å²) in [6.07, 6.45) is 2.38. The summed E-state index contributed by atoms with van der Waals surface area (Å²) >= 11 is 18.3. The summed E-state index contributed by atoms with van der Waals surface area (Å²) in [4.78, 5) is 12.5. The van der Waals surface area contributed by atoms with E-state index in [9.17, 15) is 10.1 Å². The lowest BCUT2D eigenvalue weighted by Gasteiger charge is -2.10. The molecule has 0 spiro atoms. The maximum Gasteiger partial charge on any atom is 0.266 e. The molecule has 0 aromatic heterocycles. The number of anilines is 1. The Hall–Kier alpha value is -2.97. The lowest BCUT2D eigenvalue weighted by Crippen LogP contribution is -2.13. The number of hydrogen-bond donors (Lipinski definition) is 1. The molecule has 1 amide bonds. The lowest BCUT2D eigenvalue weighted by molar-refractivity contribution is -0.112. The Morgan fingerprint density at radius 3 is 2.31 bits per heavy atom. The SMILES string of the molecule is CCc1ccc(NC(=O)/C(C#N)=C/c2ccc(OCc3ccc(Cl)c(Cl)c3)c(Cl)c2)cc1. The van der Waals surface area contributed by atoms with Gasteiger partial charge in [0.15, 0.2) is 0 Å². The minimum atomic E-state index is -0.493. The van der Waals surface area contributed by atoms with Crippen molar-refractivity contribution >= 4 is 52.5 Å². The van der Waals surface area contributed by atoms with Crippen molar-refractivity contribution in [1.82, 2.24) is 0 Å². The molecule has 1 N–H and O–H groups in total. The third kappa shape index (κ3) is 6.27. The van der Waals surface area contributed by atoms with Gasteiger partial charge in [0.25, 0.3) is 5.91 Å². The zero-order valence-corrected chi connectivity index (χ0v) is 19.4. The molecule has 3 rings (SSSR count). The summed E-state index contributed by atoms with van der Waals surface area (Å²) in [5, 5.41) is 13.4. The van der Waals surface area contributed by atoms with Crippen LogP contribution in [0.1, 0.15) is 23.6 Å². The number of nitrogens with zero attached hydrogens (tertiary/aromatic N) is 1. The fourth-order valence-corrected chi connectivity index (χ4v) is 3.42. The molecule has 0 aliphatic rings. The number of hydrogen-bond acceptors (Lipinski definition) is 3. The highest BCUT2D eigenvalue weighted by molar-refractivity contribution is 6.42. The predicted molar refractivity (Wildman–Crippen MR) is 130 cm³/mol. The average molecular weight is 486 g/mol. The number of ether oxygens (including phenoxy) is 1. The van der Waals surface area contributed by atoms with Crippen LogP contribution in [0.25, 0.3) is 6.08 Å². The topological polar surface area (TPSA) is 62.1 Å². The Bertz CT molecular complexity index is 1200. The summed E-state index contributed by atoms with van der Waals surface area (Å²) < 4.78 is 5.75. The Kier molecular flexibility index (Phi) is 8.19. The molecule has 7 heteroatoms. The fourth-order valence-electron chi connectivity index (χ4n) is 2.85. The van der Waals surface area contributed by atoms with Crippen LogP contribution in [0.15, 0.2) is 66.2 Å². The van der Waals surface area contributed by atoms with Crippen LogP contribution in [0.3, 0.4) is 0 Å². The number of amides is 1. The van der Waals surface area contributed by atoms with Crippen LogP contribution in [0, 0.1) is 11.3 Å². The third-order valence-electron chi connectivity index (χ3n) is 4.63. The largest absolute Gasteiger partial charge is 0.487 e. The van der Waals surface area contributed by atoms with Crippen LogP contribution in [-0.2, 0) is 17.8 Å². The van der Waals surface area contributed by atoms with E-state index in [2.05, 4.69) is 12.2 Å². The van der Waals surface area contributed by atoms with E-state index in [4.69, 9.17) is 39.5 Å². The van der Waals surface area contributed by atoms with Gasteiger partial charge in [-0.05, 0) is 65.6 Å². The monoisotopic (exact) mass is 484 g/mol. The molecule has 0 heterocycles. The van der Waals surface area contributed by atoms with E-state index in [1.807, 2.05) is 36.4 Å². The second kappa shape index (κ2) is 11.1. The van der Waals surface area contributed by atoms with Crippen molar-refractivity contribution < 1.29 is 9.53 Å². The van der Waals surface area contributed by atoms with Crippen molar-refractivity contribution in [3.05, 3.63) is 98.0 Å². The first-order valence-corrected chi connectivity index (χ1v) is 10.9. The van der Waals surface area contributed by atoms with Crippen molar-refractivity contribution in [3.8, 4) is 11.8 Å². The third-order valence-corrected chi connectivity index (χ3v) is 5.66. The first-order valence-electron chi connectivity index (χ1n) is 9.78. The highest BCUT2D eigenvalue weighted by Gasteiger charge is 2.11. The normalized spacial score (nSPS) is 11.0. The molecule has 0 atom stereocenters. The van der Waals surface area contributed by atoms with E-state index in [1.165, 1.54) is 6.08 Å². The molecular weight excluding hydrogens is 467 g/mol. The van der Waals surface area contributed by atoms with Gasteiger partial charge in [0.1, 0.15) is 24.0 Å². The molecule has 0 bridgehead atoms. The number of halogens is 3. The summed E-state index contributed by atoms with van der Waals surface area (Å²) in [5.74, 6) is -0.0262. The van der Waals surface area contributed by atoms with Gasteiger partial charge in [0.05, 0.1) is 15.1 Å². The number of benzene rings is 3. The van der Waals surface area contributed by atoms with Crippen molar-refractivity contribution in [1.29, 1.82) is 5.26 Å². The predicted octanol–water partition coefficient (Wildman–Crippen LogP) is 7.33. The molecule has 32 heavy (non-hydrogen) atoms. The van der Waals surface area contributed by atoms with Gasteiger partial charge in [-0.3, -0.25) is 4.79 Å². The highest BCUT2D eigenvalue weighted by atomic mass is 35.5. The second-order valence-electron chi connectivity index (χ2n) is 6.90. The zero-order chi connectivity index (χ0) is 23.1. The molecule has 3 aromatic rings.